The molecule has 34 heavy (non-hydrogen) atoms. The summed E-state index contributed by atoms with van der Waals surface area (Å²) in [4.78, 5) is 13.3. The zero-order chi connectivity index (χ0) is 23.8. The molecule has 0 aliphatic carbocycles. The average molecular weight is 463 g/mol. The molecular formula is C31H26O2S. The summed E-state index contributed by atoms with van der Waals surface area (Å²) >= 11 is 0. The molecule has 0 fully saturated rings. The number of carbonyl (C=O) groups excluding carboxylic acids is 1. The first-order valence-electron chi connectivity index (χ1n) is 11.3. The summed E-state index contributed by atoms with van der Waals surface area (Å²) < 4.78 is 0. The zero-order valence-corrected chi connectivity index (χ0v) is 19.9. The SMILES string of the molecule is CCC(=O)[O-].c1ccc([S+](c2ccccc2)c2ccc(-c3cccc4ccccc34)cc2)cc1. The lowest BCUT2D eigenvalue weighted by atomic mass is 9.98. The quantitative estimate of drug-likeness (QED) is 0.271. The number of hydrogen-bond donors (Lipinski definition) is 0. The van der Waals surface area contributed by atoms with Crippen LogP contribution in [0.5, 0.6) is 0 Å². The van der Waals surface area contributed by atoms with Crippen LogP contribution in [0.2, 0.25) is 0 Å². The number of aliphatic carboxylic acids is 1. The van der Waals surface area contributed by atoms with Gasteiger partial charge in [0.1, 0.15) is 0 Å². The van der Waals surface area contributed by atoms with Gasteiger partial charge in [-0.05, 0) is 76.9 Å². The van der Waals surface area contributed by atoms with Gasteiger partial charge < -0.3 is 9.90 Å². The van der Waals surface area contributed by atoms with E-state index in [9.17, 15) is 9.90 Å². The van der Waals surface area contributed by atoms with Gasteiger partial charge in [-0.3, -0.25) is 0 Å². The molecule has 0 bridgehead atoms. The first-order chi connectivity index (χ1) is 16.7. The van der Waals surface area contributed by atoms with Crippen molar-refractivity contribution in [3.63, 3.8) is 0 Å². The fourth-order valence-corrected chi connectivity index (χ4v) is 5.85. The van der Waals surface area contributed by atoms with Crippen molar-refractivity contribution in [2.75, 3.05) is 0 Å². The third kappa shape index (κ3) is 5.56. The summed E-state index contributed by atoms with van der Waals surface area (Å²) in [7, 11) is -0.106. The van der Waals surface area contributed by atoms with E-state index >= 15 is 0 Å². The molecule has 0 N–H and O–H groups in total. The standard InChI is InChI=1S/C28H21S.C3H6O2/c1-3-12-24(13-4-1)29(25-14-5-2-6-15-25)26-20-18-23(19-21-26)28-17-9-11-22-10-7-8-16-27(22)28;1-2-3(4)5/h1-21H;2H2,1H3,(H,4,5)/q+1;/p-1. The molecule has 0 aliphatic rings. The molecule has 0 amide bonds. The van der Waals surface area contributed by atoms with Gasteiger partial charge in [0.25, 0.3) is 0 Å². The average Bonchev–Trinajstić information content (AvgIpc) is 2.90. The van der Waals surface area contributed by atoms with Gasteiger partial charge in [-0.1, -0.05) is 85.8 Å². The Bertz CT molecular complexity index is 1300. The smallest absolute Gasteiger partial charge is 0.166 e. The van der Waals surface area contributed by atoms with Gasteiger partial charge in [-0.25, -0.2) is 0 Å². The van der Waals surface area contributed by atoms with Crippen LogP contribution in [0.4, 0.5) is 0 Å². The van der Waals surface area contributed by atoms with Crippen LogP contribution in [-0.4, -0.2) is 5.97 Å². The molecule has 2 nitrogen and oxygen atoms in total. The minimum atomic E-state index is -0.995. The molecule has 0 radical (unpaired) electrons. The van der Waals surface area contributed by atoms with Gasteiger partial charge in [-0.2, -0.15) is 0 Å². The summed E-state index contributed by atoms with van der Waals surface area (Å²) in [6.45, 7) is 1.54. The molecule has 0 atom stereocenters. The Balaban J connectivity index is 0.000000499. The number of rotatable bonds is 5. The summed E-state index contributed by atoms with van der Waals surface area (Å²) in [6, 6.07) is 45.8. The number of carboxylic acid groups (broad SMARTS) is 1. The van der Waals surface area contributed by atoms with Crippen molar-refractivity contribution in [1.29, 1.82) is 0 Å². The van der Waals surface area contributed by atoms with Crippen LogP contribution >= 0.6 is 0 Å². The number of carboxylic acids is 1. The van der Waals surface area contributed by atoms with E-state index in [0.29, 0.717) is 0 Å². The van der Waals surface area contributed by atoms with Crippen molar-refractivity contribution in [1.82, 2.24) is 0 Å². The molecule has 0 aromatic heterocycles. The van der Waals surface area contributed by atoms with E-state index in [0.717, 1.165) is 0 Å². The van der Waals surface area contributed by atoms with Crippen molar-refractivity contribution in [2.24, 2.45) is 0 Å². The van der Waals surface area contributed by atoms with Crippen LogP contribution in [0.1, 0.15) is 13.3 Å². The highest BCUT2D eigenvalue weighted by Crippen LogP contribution is 2.34. The van der Waals surface area contributed by atoms with Crippen molar-refractivity contribution in [3.05, 3.63) is 127 Å². The molecule has 5 rings (SSSR count). The highest BCUT2D eigenvalue weighted by molar-refractivity contribution is 7.97. The molecule has 168 valence electrons. The molecule has 0 saturated heterocycles. The Labute approximate surface area is 203 Å². The van der Waals surface area contributed by atoms with Gasteiger partial charge in [0.15, 0.2) is 14.7 Å². The fraction of sp³-hybridized carbons (Fsp3) is 0.0645. The topological polar surface area (TPSA) is 40.1 Å². The minimum absolute atomic E-state index is 0.106. The Kier molecular flexibility index (Phi) is 7.79. The Morgan fingerprint density at radius 1 is 0.618 bits per heavy atom. The molecule has 5 aromatic rings. The van der Waals surface area contributed by atoms with Crippen LogP contribution in [0, 0.1) is 0 Å². The largest absolute Gasteiger partial charge is 0.550 e. The van der Waals surface area contributed by atoms with Crippen LogP contribution < -0.4 is 5.11 Å². The molecule has 5 aromatic carbocycles. The Morgan fingerprint density at radius 2 is 1.09 bits per heavy atom. The van der Waals surface area contributed by atoms with E-state index in [1.54, 1.807) is 0 Å². The van der Waals surface area contributed by atoms with Crippen molar-refractivity contribution in [3.8, 4) is 11.1 Å². The predicted molar refractivity (Wildman–Crippen MR) is 140 cm³/mol. The van der Waals surface area contributed by atoms with E-state index in [-0.39, 0.29) is 17.3 Å². The first kappa shape index (κ1) is 23.3. The summed E-state index contributed by atoms with van der Waals surface area (Å²) in [5.74, 6) is -0.995. The monoisotopic (exact) mass is 462 g/mol. The van der Waals surface area contributed by atoms with E-state index < -0.39 is 5.97 Å². The summed E-state index contributed by atoms with van der Waals surface area (Å²) in [5, 5.41) is 11.8. The molecule has 0 unspecified atom stereocenters. The normalized spacial score (nSPS) is 10.5. The molecular weight excluding hydrogens is 436 g/mol. The maximum atomic E-state index is 9.26. The van der Waals surface area contributed by atoms with Crippen molar-refractivity contribution >= 4 is 27.6 Å². The summed E-state index contributed by atoms with van der Waals surface area (Å²) in [5.41, 5.74) is 2.55. The fourth-order valence-electron chi connectivity index (χ4n) is 3.77. The second kappa shape index (κ2) is 11.4. The van der Waals surface area contributed by atoms with Gasteiger partial charge in [0.05, 0.1) is 10.9 Å². The number of benzene rings is 5. The van der Waals surface area contributed by atoms with Crippen LogP contribution in [0.3, 0.4) is 0 Å². The zero-order valence-electron chi connectivity index (χ0n) is 19.1. The molecule has 3 heteroatoms. The summed E-state index contributed by atoms with van der Waals surface area (Å²) in [6.07, 6.45) is 0.111. The van der Waals surface area contributed by atoms with E-state index in [2.05, 4.69) is 127 Å². The van der Waals surface area contributed by atoms with Crippen molar-refractivity contribution < 1.29 is 9.90 Å². The van der Waals surface area contributed by atoms with Gasteiger partial charge in [-0.15, -0.1) is 0 Å². The number of fused-ring (bicyclic) bond motifs is 1. The lowest BCUT2D eigenvalue weighted by molar-refractivity contribution is -0.305. The second-order valence-electron chi connectivity index (χ2n) is 7.71. The number of hydrogen-bond acceptors (Lipinski definition) is 2. The third-order valence-electron chi connectivity index (χ3n) is 5.44. The van der Waals surface area contributed by atoms with Crippen LogP contribution in [0.25, 0.3) is 21.9 Å². The van der Waals surface area contributed by atoms with Gasteiger partial charge >= 0.3 is 0 Å². The first-order valence-corrected chi connectivity index (χ1v) is 12.5. The maximum absolute atomic E-state index is 9.26. The van der Waals surface area contributed by atoms with E-state index in [4.69, 9.17) is 0 Å². The highest BCUT2D eigenvalue weighted by atomic mass is 32.2. The van der Waals surface area contributed by atoms with Crippen LogP contribution in [-0.2, 0) is 15.7 Å². The van der Waals surface area contributed by atoms with Crippen molar-refractivity contribution in [2.45, 2.75) is 28.0 Å². The molecule has 0 aliphatic heterocycles. The minimum Gasteiger partial charge on any atom is -0.550 e. The molecule has 0 spiro atoms. The predicted octanol–water partition coefficient (Wildman–Crippen LogP) is 6.75. The molecule has 0 heterocycles. The Morgan fingerprint density at radius 3 is 1.65 bits per heavy atom. The molecule has 0 saturated carbocycles. The van der Waals surface area contributed by atoms with E-state index in [1.807, 2.05) is 0 Å². The second-order valence-corrected chi connectivity index (χ2v) is 9.74. The van der Waals surface area contributed by atoms with Gasteiger partial charge in [0, 0.05) is 5.97 Å². The lowest BCUT2D eigenvalue weighted by Crippen LogP contribution is -2.19. The third-order valence-corrected chi connectivity index (χ3v) is 7.67. The Hall–Kier alpha value is -3.82. The van der Waals surface area contributed by atoms with E-state index in [1.165, 1.54) is 43.5 Å². The highest BCUT2D eigenvalue weighted by Gasteiger charge is 2.28. The number of carbonyl (C=O) groups is 1. The lowest BCUT2D eigenvalue weighted by Gasteiger charge is -2.10. The van der Waals surface area contributed by atoms with Crippen LogP contribution in [0.15, 0.2) is 142 Å². The van der Waals surface area contributed by atoms with Gasteiger partial charge in [0.2, 0.25) is 0 Å². The maximum Gasteiger partial charge on any atom is 0.166 e.